The molecule has 17 heavy (non-hydrogen) atoms. The van der Waals surface area contributed by atoms with E-state index in [1.165, 1.54) is 0 Å². The Morgan fingerprint density at radius 2 is 2.12 bits per heavy atom. The lowest BCUT2D eigenvalue weighted by Crippen LogP contribution is -2.56. The summed E-state index contributed by atoms with van der Waals surface area (Å²) in [5.41, 5.74) is -0.762. The van der Waals surface area contributed by atoms with Crippen LogP contribution in [0.1, 0.15) is 53.9 Å². The predicted molar refractivity (Wildman–Crippen MR) is 66.9 cm³/mol. The number of aliphatic hydroxyl groups is 1. The van der Waals surface area contributed by atoms with E-state index in [-0.39, 0.29) is 17.7 Å². The number of amides is 1. The third kappa shape index (κ3) is 3.60. The van der Waals surface area contributed by atoms with Gasteiger partial charge in [0, 0.05) is 12.1 Å². The van der Waals surface area contributed by atoms with Gasteiger partial charge in [-0.25, -0.2) is 4.79 Å². The zero-order valence-electron chi connectivity index (χ0n) is 11.6. The van der Waals surface area contributed by atoms with E-state index in [9.17, 15) is 9.90 Å². The molecule has 4 heteroatoms. The number of hydrogen-bond acceptors (Lipinski definition) is 3. The first-order valence-corrected chi connectivity index (χ1v) is 6.36. The summed E-state index contributed by atoms with van der Waals surface area (Å²) >= 11 is 0. The minimum Gasteiger partial charge on any atom is -0.444 e. The number of piperidine rings is 1. The van der Waals surface area contributed by atoms with Gasteiger partial charge in [0.1, 0.15) is 5.60 Å². The lowest BCUT2D eigenvalue weighted by molar-refractivity contribution is -0.0380. The smallest absolute Gasteiger partial charge is 0.410 e. The molecule has 0 spiro atoms. The second kappa shape index (κ2) is 4.84. The fourth-order valence-electron chi connectivity index (χ4n) is 2.23. The molecule has 1 amide bonds. The lowest BCUT2D eigenvalue weighted by atomic mass is 9.85. The molecule has 1 N–H and O–H groups in total. The van der Waals surface area contributed by atoms with Gasteiger partial charge in [0.15, 0.2) is 0 Å². The first kappa shape index (κ1) is 14.3. The van der Waals surface area contributed by atoms with Gasteiger partial charge in [0.25, 0.3) is 0 Å². The van der Waals surface area contributed by atoms with Crippen LogP contribution in [-0.4, -0.2) is 39.9 Å². The first-order valence-electron chi connectivity index (χ1n) is 6.36. The van der Waals surface area contributed by atoms with Crippen molar-refractivity contribution in [1.82, 2.24) is 4.90 Å². The van der Waals surface area contributed by atoms with Crippen LogP contribution in [-0.2, 0) is 4.74 Å². The van der Waals surface area contributed by atoms with Crippen LogP contribution < -0.4 is 0 Å². The van der Waals surface area contributed by atoms with Crippen molar-refractivity contribution in [2.45, 2.75) is 71.1 Å². The Bertz CT molecular complexity index is 285. The van der Waals surface area contributed by atoms with E-state index in [2.05, 4.69) is 0 Å². The summed E-state index contributed by atoms with van der Waals surface area (Å²) in [6.07, 6.45) is 1.51. The van der Waals surface area contributed by atoms with Gasteiger partial charge in [-0.15, -0.1) is 0 Å². The summed E-state index contributed by atoms with van der Waals surface area (Å²) in [6.45, 7) is 10.2. The monoisotopic (exact) mass is 243 g/mol. The Kier molecular flexibility index (Phi) is 4.07. The molecule has 0 bridgehead atoms. The predicted octanol–water partition coefficient (Wildman–Crippen LogP) is 2.55. The normalized spacial score (nSPS) is 30.2. The molecule has 2 atom stereocenters. The van der Waals surface area contributed by atoms with Gasteiger partial charge in [-0.3, -0.25) is 0 Å². The van der Waals surface area contributed by atoms with E-state index in [0.717, 1.165) is 6.42 Å². The van der Waals surface area contributed by atoms with Gasteiger partial charge >= 0.3 is 6.09 Å². The summed E-state index contributed by atoms with van der Waals surface area (Å²) in [7, 11) is 0. The highest BCUT2D eigenvalue weighted by Gasteiger charge is 2.41. The maximum Gasteiger partial charge on any atom is 0.410 e. The topological polar surface area (TPSA) is 49.8 Å². The van der Waals surface area contributed by atoms with Crippen LogP contribution in [0.4, 0.5) is 4.79 Å². The fraction of sp³-hybridized carbons (Fsp3) is 0.923. The molecule has 1 heterocycles. The third-order valence-electron chi connectivity index (χ3n) is 3.39. The molecule has 4 nitrogen and oxygen atoms in total. The summed E-state index contributed by atoms with van der Waals surface area (Å²) in [5, 5.41) is 9.73. The van der Waals surface area contributed by atoms with Crippen molar-refractivity contribution in [3.05, 3.63) is 0 Å². The summed E-state index contributed by atoms with van der Waals surface area (Å²) in [4.78, 5) is 13.9. The van der Waals surface area contributed by atoms with Crippen molar-refractivity contribution in [1.29, 1.82) is 0 Å². The van der Waals surface area contributed by atoms with Crippen LogP contribution in [0, 0.1) is 0 Å². The van der Waals surface area contributed by atoms with Crippen LogP contribution >= 0.6 is 0 Å². The van der Waals surface area contributed by atoms with Crippen molar-refractivity contribution >= 4 is 6.09 Å². The van der Waals surface area contributed by atoms with Crippen LogP contribution in [0.25, 0.3) is 0 Å². The van der Waals surface area contributed by atoms with Gasteiger partial charge in [0.2, 0.25) is 0 Å². The maximum absolute atomic E-state index is 12.1. The number of aliphatic hydroxyl groups excluding tert-OH is 1. The molecule has 0 aromatic rings. The van der Waals surface area contributed by atoms with E-state index in [1.54, 1.807) is 4.90 Å². The minimum absolute atomic E-state index is 0.270. The largest absolute Gasteiger partial charge is 0.444 e. The molecule has 0 aliphatic carbocycles. The molecular formula is C13H25NO3. The minimum atomic E-state index is -0.470. The molecule has 1 unspecified atom stereocenters. The van der Waals surface area contributed by atoms with Crippen molar-refractivity contribution in [3.8, 4) is 0 Å². The molecule has 100 valence electrons. The SMILES string of the molecule is CCC1(C)C[C@@H](O)CCN1C(=O)OC(C)(C)C. The number of hydrogen-bond donors (Lipinski definition) is 1. The van der Waals surface area contributed by atoms with Gasteiger partial charge in [-0.2, -0.15) is 0 Å². The van der Waals surface area contributed by atoms with E-state index in [4.69, 9.17) is 4.74 Å². The molecule has 0 aromatic carbocycles. The number of carbonyl (C=O) groups excluding carboxylic acids is 1. The van der Waals surface area contributed by atoms with Crippen LogP contribution in [0.2, 0.25) is 0 Å². The highest BCUT2D eigenvalue weighted by Crippen LogP contribution is 2.32. The number of nitrogens with zero attached hydrogens (tertiary/aromatic N) is 1. The number of rotatable bonds is 1. The molecule has 1 aliphatic rings. The van der Waals surface area contributed by atoms with Gasteiger partial charge in [0.05, 0.1) is 6.10 Å². The molecule has 1 fully saturated rings. The molecular weight excluding hydrogens is 218 g/mol. The maximum atomic E-state index is 12.1. The highest BCUT2D eigenvalue weighted by atomic mass is 16.6. The number of carbonyl (C=O) groups is 1. The highest BCUT2D eigenvalue weighted by molar-refractivity contribution is 5.69. The quantitative estimate of drug-likeness (QED) is 0.770. The van der Waals surface area contributed by atoms with E-state index in [0.29, 0.717) is 19.4 Å². The van der Waals surface area contributed by atoms with Crippen LogP contribution in [0.15, 0.2) is 0 Å². The van der Waals surface area contributed by atoms with E-state index >= 15 is 0 Å². The van der Waals surface area contributed by atoms with Crippen molar-refractivity contribution in [2.75, 3.05) is 6.54 Å². The molecule has 1 rings (SSSR count). The Hall–Kier alpha value is -0.770. The Morgan fingerprint density at radius 3 is 2.59 bits per heavy atom. The van der Waals surface area contributed by atoms with E-state index in [1.807, 2.05) is 34.6 Å². The van der Waals surface area contributed by atoms with Crippen molar-refractivity contribution in [3.63, 3.8) is 0 Å². The number of ether oxygens (including phenoxy) is 1. The molecule has 1 saturated heterocycles. The summed E-state index contributed by atoms with van der Waals surface area (Å²) in [5.74, 6) is 0. The zero-order chi connectivity index (χ0) is 13.3. The standard InChI is InChI=1S/C13H25NO3/c1-6-13(5)9-10(15)7-8-14(13)11(16)17-12(2,3)4/h10,15H,6-9H2,1-5H3/t10-,13?/m0/s1. The molecule has 0 aromatic heterocycles. The molecule has 1 aliphatic heterocycles. The van der Waals surface area contributed by atoms with Crippen molar-refractivity contribution < 1.29 is 14.6 Å². The van der Waals surface area contributed by atoms with Gasteiger partial charge < -0.3 is 14.7 Å². The lowest BCUT2D eigenvalue weighted by Gasteiger charge is -2.46. The van der Waals surface area contributed by atoms with Gasteiger partial charge in [-0.1, -0.05) is 6.92 Å². The molecule has 0 saturated carbocycles. The average Bonchev–Trinajstić information content (AvgIpc) is 2.14. The summed E-state index contributed by atoms with van der Waals surface area (Å²) in [6, 6.07) is 0. The number of likely N-dealkylation sites (tertiary alicyclic amines) is 1. The second-order valence-electron chi connectivity index (χ2n) is 6.13. The third-order valence-corrected chi connectivity index (χ3v) is 3.39. The Labute approximate surface area is 104 Å². The van der Waals surface area contributed by atoms with Crippen LogP contribution in [0.5, 0.6) is 0 Å². The first-order chi connectivity index (χ1) is 7.68. The summed E-state index contributed by atoms with van der Waals surface area (Å²) < 4.78 is 5.42. The van der Waals surface area contributed by atoms with Crippen LogP contribution in [0.3, 0.4) is 0 Å². The zero-order valence-corrected chi connectivity index (χ0v) is 11.6. The fourth-order valence-corrected chi connectivity index (χ4v) is 2.23. The second-order valence-corrected chi connectivity index (χ2v) is 6.13. The Balaban J connectivity index is 2.77. The van der Waals surface area contributed by atoms with Crippen molar-refractivity contribution in [2.24, 2.45) is 0 Å². The molecule has 0 radical (unpaired) electrons. The van der Waals surface area contributed by atoms with E-state index < -0.39 is 5.60 Å². The van der Waals surface area contributed by atoms with Gasteiger partial charge in [-0.05, 0) is 47.0 Å². The average molecular weight is 243 g/mol. The Morgan fingerprint density at radius 1 is 1.53 bits per heavy atom.